The Morgan fingerprint density at radius 3 is 2.32 bits per heavy atom. The summed E-state index contributed by atoms with van der Waals surface area (Å²) >= 11 is 0. The molecule has 1 aromatic rings. The van der Waals surface area contributed by atoms with E-state index in [2.05, 4.69) is 56.9 Å². The van der Waals surface area contributed by atoms with Crippen LogP contribution >= 0.6 is 0 Å². The molecule has 106 valence electrons. The lowest BCUT2D eigenvalue weighted by Crippen LogP contribution is -2.71. The first-order chi connectivity index (χ1) is 9.04. The first kappa shape index (κ1) is 14.5. The minimum absolute atomic E-state index is 0.183. The average Bonchev–Trinajstić information content (AvgIpc) is 2.45. The van der Waals surface area contributed by atoms with Crippen LogP contribution in [0.25, 0.3) is 0 Å². The fraction of sp³-hybridized carbons (Fsp3) is 0.625. The second kappa shape index (κ2) is 5.61. The minimum atomic E-state index is -0.188. The second-order valence-electron chi connectivity index (χ2n) is 5.79. The summed E-state index contributed by atoms with van der Waals surface area (Å²) in [5.41, 5.74) is 1.14. The molecular weight excluding hydrogens is 236 g/mol. The third-order valence-corrected chi connectivity index (χ3v) is 4.66. The van der Waals surface area contributed by atoms with Crippen molar-refractivity contribution in [1.29, 1.82) is 0 Å². The van der Waals surface area contributed by atoms with Crippen molar-refractivity contribution in [3.8, 4) is 0 Å². The summed E-state index contributed by atoms with van der Waals surface area (Å²) in [6.07, 6.45) is 0. The van der Waals surface area contributed by atoms with E-state index in [1.165, 1.54) is 5.56 Å². The van der Waals surface area contributed by atoms with Crippen LogP contribution in [-0.4, -0.2) is 46.4 Å². The van der Waals surface area contributed by atoms with Crippen LogP contribution in [0.3, 0.4) is 0 Å². The van der Waals surface area contributed by atoms with Crippen LogP contribution in [0, 0.1) is 0 Å². The number of benzene rings is 1. The Hall–Kier alpha value is -0.900. The molecule has 3 atom stereocenters. The summed E-state index contributed by atoms with van der Waals surface area (Å²) in [5, 5.41) is 11.9. The molecule has 1 fully saturated rings. The fourth-order valence-corrected chi connectivity index (χ4v) is 3.56. The summed E-state index contributed by atoms with van der Waals surface area (Å²) in [6.45, 7) is 11.6. The van der Waals surface area contributed by atoms with Crippen molar-refractivity contribution in [1.82, 2.24) is 9.96 Å². The van der Waals surface area contributed by atoms with Gasteiger partial charge in [0, 0.05) is 18.5 Å². The molecule has 0 aromatic heterocycles. The van der Waals surface area contributed by atoms with Crippen LogP contribution in [-0.2, 0) is 0 Å². The Labute approximate surface area is 116 Å². The Bertz CT molecular complexity index is 404. The molecule has 1 aromatic carbocycles. The summed E-state index contributed by atoms with van der Waals surface area (Å²) < 4.78 is 0. The van der Waals surface area contributed by atoms with E-state index in [1.54, 1.807) is 5.06 Å². The Morgan fingerprint density at radius 2 is 1.79 bits per heavy atom. The summed E-state index contributed by atoms with van der Waals surface area (Å²) in [5.74, 6) is 0.388. The smallest absolute Gasteiger partial charge is 0.0646 e. The molecule has 0 saturated carbocycles. The monoisotopic (exact) mass is 262 g/mol. The predicted octanol–water partition coefficient (Wildman–Crippen LogP) is 2.96. The lowest BCUT2D eigenvalue weighted by Gasteiger charge is -2.59. The molecule has 1 aliphatic heterocycles. The Kier molecular flexibility index (Phi) is 4.29. The quantitative estimate of drug-likeness (QED) is 0.884. The number of hydrogen-bond acceptors (Lipinski definition) is 3. The highest BCUT2D eigenvalue weighted by atomic mass is 16.5. The van der Waals surface area contributed by atoms with E-state index in [0.29, 0.717) is 5.92 Å². The molecule has 0 radical (unpaired) electrons. The van der Waals surface area contributed by atoms with Gasteiger partial charge < -0.3 is 10.1 Å². The highest BCUT2D eigenvalue weighted by Crippen LogP contribution is 2.47. The van der Waals surface area contributed by atoms with Crippen LogP contribution < -0.4 is 0 Å². The second-order valence-corrected chi connectivity index (χ2v) is 5.79. The molecule has 0 spiro atoms. The van der Waals surface area contributed by atoms with E-state index in [4.69, 9.17) is 0 Å². The van der Waals surface area contributed by atoms with Crippen LogP contribution in [0.1, 0.15) is 39.2 Å². The van der Waals surface area contributed by atoms with Gasteiger partial charge in [0.05, 0.1) is 5.54 Å². The van der Waals surface area contributed by atoms with E-state index in [-0.39, 0.29) is 11.6 Å². The SMILES string of the molecule is CCN(CC)C[C@@]1(C)[C@@H](c2ccccc2)[C@@H](C)N1O. The molecule has 0 unspecified atom stereocenters. The van der Waals surface area contributed by atoms with Gasteiger partial charge in [0.25, 0.3) is 0 Å². The standard InChI is InChI=1S/C16H26N2O/c1-5-17(6-2)12-16(4)15(13(3)18(16)19)14-10-8-7-9-11-14/h7-11,13,15,19H,5-6,12H2,1-4H3/t13-,15-,16+/m1/s1. The lowest BCUT2D eigenvalue weighted by atomic mass is 9.67. The van der Waals surface area contributed by atoms with E-state index in [1.807, 2.05) is 6.07 Å². The van der Waals surface area contributed by atoms with Crippen LogP contribution in [0.5, 0.6) is 0 Å². The molecule has 1 saturated heterocycles. The van der Waals surface area contributed by atoms with Crippen molar-refractivity contribution in [3.63, 3.8) is 0 Å². The minimum Gasteiger partial charge on any atom is -0.313 e. The molecule has 3 heteroatoms. The van der Waals surface area contributed by atoms with Crippen LogP contribution in [0.15, 0.2) is 30.3 Å². The van der Waals surface area contributed by atoms with Crippen molar-refractivity contribution < 1.29 is 5.21 Å². The number of hydroxylamine groups is 2. The maximum Gasteiger partial charge on any atom is 0.0646 e. The van der Waals surface area contributed by atoms with Gasteiger partial charge in [-0.1, -0.05) is 44.2 Å². The number of nitrogens with zero attached hydrogens (tertiary/aromatic N) is 2. The predicted molar refractivity (Wildman–Crippen MR) is 78.5 cm³/mol. The van der Waals surface area contributed by atoms with Crippen molar-refractivity contribution >= 4 is 0 Å². The largest absolute Gasteiger partial charge is 0.313 e. The van der Waals surface area contributed by atoms with Gasteiger partial charge in [-0.3, -0.25) is 0 Å². The average molecular weight is 262 g/mol. The van der Waals surface area contributed by atoms with Gasteiger partial charge in [0.15, 0.2) is 0 Å². The zero-order valence-corrected chi connectivity index (χ0v) is 12.5. The van der Waals surface area contributed by atoms with E-state index >= 15 is 0 Å². The number of hydrogen-bond donors (Lipinski definition) is 1. The Balaban J connectivity index is 2.22. The van der Waals surface area contributed by atoms with Crippen molar-refractivity contribution in [2.75, 3.05) is 19.6 Å². The van der Waals surface area contributed by atoms with E-state index < -0.39 is 0 Å². The zero-order valence-electron chi connectivity index (χ0n) is 12.5. The maximum absolute atomic E-state index is 10.3. The zero-order chi connectivity index (χ0) is 14.0. The molecule has 1 aliphatic rings. The van der Waals surface area contributed by atoms with Crippen molar-refractivity contribution in [3.05, 3.63) is 35.9 Å². The molecule has 1 N–H and O–H groups in total. The van der Waals surface area contributed by atoms with Gasteiger partial charge in [-0.15, -0.1) is 0 Å². The van der Waals surface area contributed by atoms with Crippen LogP contribution in [0.4, 0.5) is 0 Å². The third-order valence-electron chi connectivity index (χ3n) is 4.66. The van der Waals surface area contributed by atoms with Crippen molar-refractivity contribution in [2.45, 2.75) is 45.2 Å². The summed E-state index contributed by atoms with van der Waals surface area (Å²) in [6, 6.07) is 10.7. The van der Waals surface area contributed by atoms with Crippen molar-refractivity contribution in [2.24, 2.45) is 0 Å². The van der Waals surface area contributed by atoms with Gasteiger partial charge in [0.2, 0.25) is 0 Å². The first-order valence-electron chi connectivity index (χ1n) is 7.30. The van der Waals surface area contributed by atoms with Gasteiger partial charge in [-0.2, -0.15) is 5.06 Å². The highest BCUT2D eigenvalue weighted by Gasteiger charge is 2.56. The Morgan fingerprint density at radius 1 is 1.21 bits per heavy atom. The highest BCUT2D eigenvalue weighted by molar-refractivity contribution is 5.30. The molecule has 0 amide bonds. The normalized spacial score (nSPS) is 31.5. The van der Waals surface area contributed by atoms with Gasteiger partial charge in [-0.05, 0) is 32.5 Å². The fourth-order valence-electron chi connectivity index (χ4n) is 3.56. The van der Waals surface area contributed by atoms with Gasteiger partial charge in [0.1, 0.15) is 0 Å². The van der Waals surface area contributed by atoms with Crippen LogP contribution in [0.2, 0.25) is 0 Å². The molecule has 1 heterocycles. The molecule has 2 rings (SSSR count). The third kappa shape index (κ3) is 2.42. The number of likely N-dealkylation sites (N-methyl/N-ethyl adjacent to an activating group) is 1. The summed E-state index contributed by atoms with van der Waals surface area (Å²) in [4.78, 5) is 2.38. The maximum atomic E-state index is 10.3. The topological polar surface area (TPSA) is 26.7 Å². The molecule has 19 heavy (non-hydrogen) atoms. The first-order valence-corrected chi connectivity index (χ1v) is 7.30. The van der Waals surface area contributed by atoms with E-state index in [0.717, 1.165) is 19.6 Å². The molecule has 0 bridgehead atoms. The number of rotatable bonds is 5. The molecule has 0 aliphatic carbocycles. The van der Waals surface area contributed by atoms with E-state index in [9.17, 15) is 5.21 Å². The summed E-state index contributed by atoms with van der Waals surface area (Å²) in [7, 11) is 0. The molecular formula is C16H26N2O. The molecule has 3 nitrogen and oxygen atoms in total. The van der Waals surface area contributed by atoms with Gasteiger partial charge >= 0.3 is 0 Å². The lowest BCUT2D eigenvalue weighted by molar-refractivity contribution is -0.282. The van der Waals surface area contributed by atoms with Gasteiger partial charge in [-0.25, -0.2) is 0 Å².